The number of anilines is 1. The largest absolute Gasteiger partial charge is 0.353 e. The number of carbonyl (C=O) groups is 2. The third-order valence-corrected chi connectivity index (χ3v) is 7.61. The summed E-state index contributed by atoms with van der Waals surface area (Å²) >= 11 is 1.50. The first-order valence-corrected chi connectivity index (χ1v) is 13.1. The molecule has 0 bridgehead atoms. The van der Waals surface area contributed by atoms with Crippen molar-refractivity contribution in [3.05, 3.63) is 72.0 Å². The van der Waals surface area contributed by atoms with Gasteiger partial charge in [0.25, 0.3) is 0 Å². The van der Waals surface area contributed by atoms with Crippen LogP contribution in [0.15, 0.2) is 67.1 Å². The molecule has 38 heavy (non-hydrogen) atoms. The number of aromatic nitrogens is 5. The van der Waals surface area contributed by atoms with Gasteiger partial charge in [0.2, 0.25) is 5.91 Å². The van der Waals surface area contributed by atoms with E-state index in [4.69, 9.17) is 0 Å². The third kappa shape index (κ3) is 4.37. The van der Waals surface area contributed by atoms with E-state index in [0.717, 1.165) is 60.5 Å². The molecule has 0 atom stereocenters. The molecule has 6 aromatic rings. The molecule has 1 aromatic carbocycles. The molecular weight excluding hydrogens is 496 g/mol. The van der Waals surface area contributed by atoms with Crippen molar-refractivity contribution in [2.45, 2.75) is 26.7 Å². The van der Waals surface area contributed by atoms with Crippen LogP contribution in [0, 0.1) is 0 Å². The normalized spacial score (nSPS) is 11.3. The number of pyridine rings is 2. The zero-order chi connectivity index (χ0) is 26.2. The number of hydrogen-bond donors (Lipinski definition) is 3. The highest BCUT2D eigenvalue weighted by atomic mass is 32.1. The predicted octanol–water partition coefficient (Wildman–Crippen LogP) is 6.84. The molecular formula is C29H24N6O2S. The van der Waals surface area contributed by atoms with Crippen molar-refractivity contribution in [2.24, 2.45) is 0 Å². The fourth-order valence-corrected chi connectivity index (χ4v) is 5.49. The number of thiophene rings is 1. The Kier molecular flexibility index (Phi) is 6.05. The molecule has 0 radical (unpaired) electrons. The van der Waals surface area contributed by atoms with Crippen LogP contribution in [-0.2, 0) is 4.79 Å². The Hall–Kier alpha value is -4.63. The fraction of sp³-hybridized carbons (Fsp3) is 0.138. The molecule has 3 N–H and O–H groups in total. The molecule has 1 amide bonds. The summed E-state index contributed by atoms with van der Waals surface area (Å²) in [5, 5.41) is 12.4. The summed E-state index contributed by atoms with van der Waals surface area (Å²) in [6, 6.07) is 16.0. The van der Waals surface area contributed by atoms with E-state index in [1.807, 2.05) is 43.3 Å². The quantitative estimate of drug-likeness (QED) is 0.199. The van der Waals surface area contributed by atoms with Gasteiger partial charge in [0.05, 0.1) is 22.5 Å². The number of Topliss-reactive ketones (excluding diaryl/α,β-unsaturated/α-hetero) is 1. The average molecular weight is 521 g/mol. The van der Waals surface area contributed by atoms with E-state index in [1.54, 1.807) is 25.5 Å². The van der Waals surface area contributed by atoms with Gasteiger partial charge < -0.3 is 10.3 Å². The highest BCUT2D eigenvalue weighted by Gasteiger charge is 2.16. The first-order chi connectivity index (χ1) is 18.5. The first-order valence-electron chi connectivity index (χ1n) is 12.3. The topological polar surface area (TPSA) is 116 Å². The summed E-state index contributed by atoms with van der Waals surface area (Å²) in [6.07, 6.45) is 6.41. The molecule has 0 unspecified atom stereocenters. The molecule has 5 heterocycles. The number of ketones is 1. The Morgan fingerprint density at radius 2 is 1.87 bits per heavy atom. The first kappa shape index (κ1) is 23.7. The number of H-pyrrole nitrogens is 2. The van der Waals surface area contributed by atoms with Gasteiger partial charge in [-0.15, -0.1) is 11.3 Å². The number of nitrogens with one attached hydrogen (secondary N) is 3. The Morgan fingerprint density at radius 3 is 2.68 bits per heavy atom. The number of fused-ring (bicyclic) bond motifs is 2. The van der Waals surface area contributed by atoms with E-state index in [0.29, 0.717) is 17.8 Å². The summed E-state index contributed by atoms with van der Waals surface area (Å²) in [5.74, 6) is 0.0361. The molecule has 6 rings (SSSR count). The van der Waals surface area contributed by atoms with Gasteiger partial charge in [-0.3, -0.25) is 19.7 Å². The standard InChI is InChI=1S/C29H24N6O2S/c1-3-5-27(37)32-19-10-17(13-30-15-19)18-11-22-28(34-35-29(22)31-14-18)24-12-21-20(6-4-7-23(21)33-24)26-9-8-25(38-26)16(2)36/h4,6-15,33H,3,5H2,1-2H3,(H,32,37)(H,31,34,35). The summed E-state index contributed by atoms with van der Waals surface area (Å²) in [7, 11) is 0. The second kappa shape index (κ2) is 9.68. The van der Waals surface area contributed by atoms with Crippen LogP contribution in [0.4, 0.5) is 5.69 Å². The molecule has 0 fully saturated rings. The molecule has 5 aromatic heterocycles. The van der Waals surface area contributed by atoms with Crippen LogP contribution in [0.1, 0.15) is 36.4 Å². The molecule has 0 aliphatic heterocycles. The van der Waals surface area contributed by atoms with Gasteiger partial charge in [0, 0.05) is 56.7 Å². The minimum atomic E-state index is -0.0320. The van der Waals surface area contributed by atoms with Gasteiger partial charge in [-0.05, 0) is 49.7 Å². The van der Waals surface area contributed by atoms with Crippen LogP contribution in [0.2, 0.25) is 0 Å². The SMILES string of the molecule is CCCC(=O)Nc1cncc(-c2cnc3[nH]nc(-c4cc5c(-c6ccc(C(C)=O)s6)cccc5[nH]4)c3c2)c1. The number of benzene rings is 1. The second-order valence-electron chi connectivity index (χ2n) is 9.12. The second-order valence-corrected chi connectivity index (χ2v) is 10.2. The van der Waals surface area contributed by atoms with E-state index in [1.165, 1.54) is 11.3 Å². The molecule has 0 saturated carbocycles. The molecule has 188 valence electrons. The van der Waals surface area contributed by atoms with Gasteiger partial charge in [0.15, 0.2) is 11.4 Å². The lowest BCUT2D eigenvalue weighted by molar-refractivity contribution is -0.116. The zero-order valence-electron chi connectivity index (χ0n) is 20.8. The molecule has 9 heteroatoms. The van der Waals surface area contributed by atoms with Gasteiger partial charge in [-0.2, -0.15) is 5.10 Å². The van der Waals surface area contributed by atoms with E-state index in [9.17, 15) is 9.59 Å². The summed E-state index contributed by atoms with van der Waals surface area (Å²) in [6.45, 7) is 3.56. The van der Waals surface area contributed by atoms with Crippen molar-refractivity contribution >= 4 is 50.7 Å². The van der Waals surface area contributed by atoms with Gasteiger partial charge >= 0.3 is 0 Å². The number of nitrogens with zero attached hydrogens (tertiary/aromatic N) is 3. The van der Waals surface area contributed by atoms with Crippen molar-refractivity contribution in [3.8, 4) is 33.0 Å². The Balaban J connectivity index is 1.39. The van der Waals surface area contributed by atoms with Gasteiger partial charge in [-0.1, -0.05) is 19.1 Å². The number of rotatable bonds is 7. The van der Waals surface area contributed by atoms with Gasteiger partial charge in [0.1, 0.15) is 5.69 Å². The van der Waals surface area contributed by atoms with Crippen molar-refractivity contribution in [1.82, 2.24) is 25.1 Å². The van der Waals surface area contributed by atoms with E-state index >= 15 is 0 Å². The Morgan fingerprint density at radius 1 is 1.00 bits per heavy atom. The summed E-state index contributed by atoms with van der Waals surface area (Å²) < 4.78 is 0. The number of amides is 1. The van der Waals surface area contributed by atoms with Crippen molar-refractivity contribution < 1.29 is 9.59 Å². The maximum atomic E-state index is 12.0. The Bertz CT molecular complexity index is 1830. The smallest absolute Gasteiger partial charge is 0.224 e. The molecule has 0 aliphatic rings. The van der Waals surface area contributed by atoms with Crippen molar-refractivity contribution in [2.75, 3.05) is 5.32 Å². The van der Waals surface area contributed by atoms with E-state index in [-0.39, 0.29) is 11.7 Å². The molecule has 0 saturated heterocycles. The average Bonchev–Trinajstić information content (AvgIpc) is 3.66. The fourth-order valence-electron chi connectivity index (χ4n) is 4.55. The summed E-state index contributed by atoms with van der Waals surface area (Å²) in [5.41, 5.74) is 6.70. The van der Waals surface area contributed by atoms with Crippen LogP contribution in [0.5, 0.6) is 0 Å². The lowest BCUT2D eigenvalue weighted by Gasteiger charge is -2.07. The number of hydrogen-bond acceptors (Lipinski definition) is 6. The van der Waals surface area contributed by atoms with Crippen LogP contribution in [-0.4, -0.2) is 36.8 Å². The van der Waals surface area contributed by atoms with Gasteiger partial charge in [-0.25, -0.2) is 4.98 Å². The highest BCUT2D eigenvalue weighted by Crippen LogP contribution is 2.37. The Labute approximate surface area is 222 Å². The van der Waals surface area contributed by atoms with Crippen molar-refractivity contribution in [1.29, 1.82) is 0 Å². The maximum absolute atomic E-state index is 12.0. The maximum Gasteiger partial charge on any atom is 0.224 e. The zero-order valence-corrected chi connectivity index (χ0v) is 21.6. The third-order valence-electron chi connectivity index (χ3n) is 6.39. The monoisotopic (exact) mass is 520 g/mol. The lowest BCUT2D eigenvalue weighted by atomic mass is 10.1. The minimum Gasteiger partial charge on any atom is -0.353 e. The summed E-state index contributed by atoms with van der Waals surface area (Å²) in [4.78, 5) is 38.0. The van der Waals surface area contributed by atoms with Crippen LogP contribution in [0.3, 0.4) is 0 Å². The number of carbonyl (C=O) groups excluding carboxylic acids is 2. The molecule has 8 nitrogen and oxygen atoms in total. The lowest BCUT2D eigenvalue weighted by Crippen LogP contribution is -2.10. The van der Waals surface area contributed by atoms with Crippen molar-refractivity contribution in [3.63, 3.8) is 0 Å². The van der Waals surface area contributed by atoms with E-state index < -0.39 is 0 Å². The highest BCUT2D eigenvalue weighted by molar-refractivity contribution is 7.17. The molecule has 0 spiro atoms. The van der Waals surface area contributed by atoms with E-state index in [2.05, 4.69) is 42.6 Å². The van der Waals surface area contributed by atoms with Crippen LogP contribution < -0.4 is 5.32 Å². The number of aromatic amines is 2. The van der Waals surface area contributed by atoms with Crippen LogP contribution >= 0.6 is 11.3 Å². The minimum absolute atomic E-state index is 0.0320. The molecule has 0 aliphatic carbocycles. The predicted molar refractivity (Wildman–Crippen MR) is 151 cm³/mol. The van der Waals surface area contributed by atoms with Crippen LogP contribution in [0.25, 0.3) is 54.9 Å².